The van der Waals surface area contributed by atoms with Crippen molar-refractivity contribution in [2.24, 2.45) is 0 Å². The van der Waals surface area contributed by atoms with Crippen LogP contribution >= 0.6 is 15.9 Å². The lowest BCUT2D eigenvalue weighted by atomic mass is 10.1. The van der Waals surface area contributed by atoms with Gasteiger partial charge in [0.15, 0.2) is 0 Å². The van der Waals surface area contributed by atoms with E-state index in [1.165, 1.54) is 12.1 Å². The summed E-state index contributed by atoms with van der Waals surface area (Å²) < 4.78 is 24.4. The lowest BCUT2D eigenvalue weighted by Gasteiger charge is -2.07. The fourth-order valence-corrected chi connectivity index (χ4v) is 2.14. The van der Waals surface area contributed by atoms with E-state index in [2.05, 4.69) is 15.9 Å². The highest BCUT2D eigenvalue weighted by atomic mass is 79.9. The molecule has 2 nitrogen and oxygen atoms in total. The Labute approximate surface area is 120 Å². The summed E-state index contributed by atoms with van der Waals surface area (Å²) in [7, 11) is 1.64. The summed E-state index contributed by atoms with van der Waals surface area (Å²) in [5.41, 5.74) is 1.15. The molecule has 0 fully saturated rings. The molecule has 0 saturated heterocycles. The average molecular weight is 325 g/mol. The Morgan fingerprint density at radius 1 is 1.05 bits per heavy atom. The van der Waals surface area contributed by atoms with Crippen molar-refractivity contribution in [1.82, 2.24) is 0 Å². The van der Waals surface area contributed by atoms with Gasteiger partial charge in [0.1, 0.15) is 17.3 Å². The van der Waals surface area contributed by atoms with Crippen molar-refractivity contribution in [3.8, 4) is 11.5 Å². The molecule has 0 amide bonds. The van der Waals surface area contributed by atoms with Crippen LogP contribution in [0.5, 0.6) is 11.5 Å². The van der Waals surface area contributed by atoms with Crippen molar-refractivity contribution in [3.63, 3.8) is 0 Å². The van der Waals surface area contributed by atoms with Gasteiger partial charge in [-0.05, 0) is 29.8 Å². The first-order chi connectivity index (χ1) is 9.17. The summed E-state index contributed by atoms with van der Waals surface area (Å²) >= 11 is 3.23. The van der Waals surface area contributed by atoms with E-state index >= 15 is 0 Å². The second-order valence-corrected chi connectivity index (χ2v) is 4.97. The van der Waals surface area contributed by atoms with Gasteiger partial charge in [0.2, 0.25) is 0 Å². The maximum absolute atomic E-state index is 13.1. The van der Waals surface area contributed by atoms with Crippen LogP contribution in [-0.4, -0.2) is 13.7 Å². The lowest BCUT2D eigenvalue weighted by molar-refractivity contribution is 0.320. The van der Waals surface area contributed by atoms with Crippen molar-refractivity contribution in [2.75, 3.05) is 13.7 Å². The van der Waals surface area contributed by atoms with Crippen molar-refractivity contribution < 1.29 is 13.9 Å². The molecule has 2 aromatic rings. The van der Waals surface area contributed by atoms with E-state index in [1.54, 1.807) is 13.2 Å². The minimum Gasteiger partial charge on any atom is -0.497 e. The SMILES string of the molecule is COc1ccc(CCOc2cc(F)cc(Br)c2)cc1. The Balaban J connectivity index is 1.88. The Kier molecular flexibility index (Phi) is 4.80. The summed E-state index contributed by atoms with van der Waals surface area (Å²) in [6, 6.07) is 12.3. The molecule has 2 rings (SSSR count). The molecule has 0 heterocycles. The molecule has 0 atom stereocenters. The van der Waals surface area contributed by atoms with Gasteiger partial charge in [0.05, 0.1) is 13.7 Å². The van der Waals surface area contributed by atoms with Gasteiger partial charge < -0.3 is 9.47 Å². The van der Waals surface area contributed by atoms with Gasteiger partial charge in [-0.3, -0.25) is 0 Å². The smallest absolute Gasteiger partial charge is 0.128 e. The predicted molar refractivity (Wildman–Crippen MR) is 76.3 cm³/mol. The van der Waals surface area contributed by atoms with Crippen molar-refractivity contribution >= 4 is 15.9 Å². The molecule has 0 aromatic heterocycles. The van der Waals surface area contributed by atoms with Crippen LogP contribution in [0.15, 0.2) is 46.9 Å². The number of ether oxygens (including phenoxy) is 2. The molecule has 0 spiro atoms. The zero-order chi connectivity index (χ0) is 13.7. The number of hydrogen-bond donors (Lipinski definition) is 0. The average Bonchev–Trinajstić information content (AvgIpc) is 2.38. The third-order valence-electron chi connectivity index (χ3n) is 2.65. The molecule has 19 heavy (non-hydrogen) atoms. The second-order valence-electron chi connectivity index (χ2n) is 4.05. The number of methoxy groups -OCH3 is 1. The van der Waals surface area contributed by atoms with E-state index in [1.807, 2.05) is 24.3 Å². The summed E-state index contributed by atoms with van der Waals surface area (Å²) in [5.74, 6) is 1.05. The van der Waals surface area contributed by atoms with Gasteiger partial charge in [-0.2, -0.15) is 0 Å². The molecular formula is C15H14BrFO2. The number of rotatable bonds is 5. The summed E-state index contributed by atoms with van der Waals surface area (Å²) in [6.45, 7) is 0.502. The fraction of sp³-hybridized carbons (Fsp3) is 0.200. The van der Waals surface area contributed by atoms with Crippen molar-refractivity contribution in [3.05, 3.63) is 58.3 Å². The Morgan fingerprint density at radius 2 is 1.79 bits per heavy atom. The predicted octanol–water partition coefficient (Wildman–Crippen LogP) is 4.22. The highest BCUT2D eigenvalue weighted by molar-refractivity contribution is 9.10. The standard InChI is InChI=1S/C15H14BrFO2/c1-18-14-4-2-11(3-5-14)6-7-19-15-9-12(16)8-13(17)10-15/h2-5,8-10H,6-7H2,1H3. The van der Waals surface area contributed by atoms with Gasteiger partial charge >= 0.3 is 0 Å². The zero-order valence-electron chi connectivity index (χ0n) is 10.5. The van der Waals surface area contributed by atoms with E-state index in [-0.39, 0.29) is 5.82 Å². The molecular weight excluding hydrogens is 311 g/mol. The third-order valence-corrected chi connectivity index (χ3v) is 3.11. The molecule has 0 radical (unpaired) electrons. The Bertz CT molecular complexity index is 520. The van der Waals surface area contributed by atoms with Crippen LogP contribution in [0.2, 0.25) is 0 Å². The highest BCUT2D eigenvalue weighted by Gasteiger charge is 2.01. The third kappa shape index (κ3) is 4.24. The minimum absolute atomic E-state index is 0.311. The molecule has 0 saturated carbocycles. The van der Waals surface area contributed by atoms with Crippen LogP contribution in [0.3, 0.4) is 0 Å². The van der Waals surface area contributed by atoms with Gasteiger partial charge in [0, 0.05) is 17.0 Å². The van der Waals surface area contributed by atoms with E-state index in [9.17, 15) is 4.39 Å². The van der Waals surface area contributed by atoms with Crippen LogP contribution < -0.4 is 9.47 Å². The lowest BCUT2D eigenvalue weighted by Crippen LogP contribution is -2.01. The van der Waals surface area contributed by atoms with Gasteiger partial charge in [0.25, 0.3) is 0 Å². The maximum Gasteiger partial charge on any atom is 0.128 e. The van der Waals surface area contributed by atoms with Crippen molar-refractivity contribution in [2.45, 2.75) is 6.42 Å². The van der Waals surface area contributed by atoms with Crippen LogP contribution in [-0.2, 0) is 6.42 Å². The fourth-order valence-electron chi connectivity index (χ4n) is 1.69. The Hall–Kier alpha value is -1.55. The van der Waals surface area contributed by atoms with Gasteiger partial charge in [-0.1, -0.05) is 28.1 Å². The van der Waals surface area contributed by atoms with E-state index in [0.29, 0.717) is 16.8 Å². The normalized spacial score (nSPS) is 10.3. The van der Waals surface area contributed by atoms with Crippen molar-refractivity contribution in [1.29, 1.82) is 0 Å². The topological polar surface area (TPSA) is 18.5 Å². The monoisotopic (exact) mass is 324 g/mol. The molecule has 100 valence electrons. The first-order valence-electron chi connectivity index (χ1n) is 5.89. The number of benzene rings is 2. The van der Waals surface area contributed by atoms with Crippen LogP contribution in [0.25, 0.3) is 0 Å². The van der Waals surface area contributed by atoms with Gasteiger partial charge in [-0.15, -0.1) is 0 Å². The highest BCUT2D eigenvalue weighted by Crippen LogP contribution is 2.21. The van der Waals surface area contributed by atoms with Crippen LogP contribution in [0, 0.1) is 5.82 Å². The summed E-state index contributed by atoms with van der Waals surface area (Å²) in [4.78, 5) is 0. The van der Waals surface area contributed by atoms with Crippen LogP contribution in [0.1, 0.15) is 5.56 Å². The van der Waals surface area contributed by atoms with Crippen LogP contribution in [0.4, 0.5) is 4.39 Å². The number of hydrogen-bond acceptors (Lipinski definition) is 2. The van der Waals surface area contributed by atoms with Gasteiger partial charge in [-0.25, -0.2) is 4.39 Å². The molecule has 2 aromatic carbocycles. The summed E-state index contributed by atoms with van der Waals surface area (Å²) in [6.07, 6.45) is 0.762. The Morgan fingerprint density at radius 3 is 2.42 bits per heavy atom. The molecule has 0 unspecified atom stereocenters. The molecule has 0 aliphatic carbocycles. The first kappa shape index (κ1) is 13.9. The quantitative estimate of drug-likeness (QED) is 0.819. The minimum atomic E-state index is -0.311. The molecule has 4 heteroatoms. The molecule has 0 aliphatic heterocycles. The first-order valence-corrected chi connectivity index (χ1v) is 6.68. The zero-order valence-corrected chi connectivity index (χ0v) is 12.1. The van der Waals surface area contributed by atoms with E-state index < -0.39 is 0 Å². The molecule has 0 aliphatic rings. The molecule has 0 bridgehead atoms. The van der Waals surface area contributed by atoms with E-state index in [4.69, 9.17) is 9.47 Å². The number of halogens is 2. The largest absolute Gasteiger partial charge is 0.497 e. The second kappa shape index (κ2) is 6.57. The summed E-state index contributed by atoms with van der Waals surface area (Å²) in [5, 5.41) is 0. The molecule has 0 N–H and O–H groups in total. The van der Waals surface area contributed by atoms with E-state index in [0.717, 1.165) is 17.7 Å². The maximum atomic E-state index is 13.1.